The van der Waals surface area contributed by atoms with Gasteiger partial charge >= 0.3 is 0 Å². The SMILES string of the molecule is COc1ccc(Sc2ccc(NC(=O)C(C)C3CNC3)cc2)cc1.Cl. The van der Waals surface area contributed by atoms with Crippen molar-refractivity contribution < 1.29 is 9.53 Å². The van der Waals surface area contributed by atoms with E-state index in [2.05, 4.69) is 10.6 Å². The van der Waals surface area contributed by atoms with Crippen molar-refractivity contribution in [3.63, 3.8) is 0 Å². The Balaban J connectivity index is 0.00000225. The van der Waals surface area contributed by atoms with E-state index in [4.69, 9.17) is 4.74 Å². The molecule has 3 rings (SSSR count). The molecule has 0 aromatic heterocycles. The van der Waals surface area contributed by atoms with Gasteiger partial charge in [-0.15, -0.1) is 12.4 Å². The van der Waals surface area contributed by atoms with E-state index in [0.29, 0.717) is 5.92 Å². The van der Waals surface area contributed by atoms with Crippen LogP contribution in [0.5, 0.6) is 5.75 Å². The maximum atomic E-state index is 12.2. The van der Waals surface area contributed by atoms with Crippen molar-refractivity contribution >= 4 is 35.8 Å². The van der Waals surface area contributed by atoms with Gasteiger partial charge in [0.25, 0.3) is 0 Å². The van der Waals surface area contributed by atoms with Crippen molar-refractivity contribution in [1.82, 2.24) is 5.32 Å². The van der Waals surface area contributed by atoms with Gasteiger partial charge in [-0.25, -0.2) is 0 Å². The van der Waals surface area contributed by atoms with Crippen LogP contribution in [-0.4, -0.2) is 26.1 Å². The smallest absolute Gasteiger partial charge is 0.227 e. The summed E-state index contributed by atoms with van der Waals surface area (Å²) in [5.74, 6) is 1.44. The molecule has 25 heavy (non-hydrogen) atoms. The molecule has 1 atom stereocenters. The van der Waals surface area contributed by atoms with Crippen LogP contribution in [0, 0.1) is 11.8 Å². The number of carbonyl (C=O) groups is 1. The summed E-state index contributed by atoms with van der Waals surface area (Å²) in [5.41, 5.74) is 0.846. The molecule has 134 valence electrons. The molecule has 1 aliphatic heterocycles. The fourth-order valence-corrected chi connectivity index (χ4v) is 3.34. The lowest BCUT2D eigenvalue weighted by Gasteiger charge is -2.31. The van der Waals surface area contributed by atoms with E-state index in [1.54, 1.807) is 18.9 Å². The van der Waals surface area contributed by atoms with E-state index < -0.39 is 0 Å². The van der Waals surface area contributed by atoms with Crippen LogP contribution in [0.4, 0.5) is 5.69 Å². The predicted molar refractivity (Wildman–Crippen MR) is 105 cm³/mol. The maximum absolute atomic E-state index is 12.2. The Morgan fingerprint density at radius 1 is 1.12 bits per heavy atom. The highest BCUT2D eigenvalue weighted by Crippen LogP contribution is 2.30. The van der Waals surface area contributed by atoms with E-state index in [1.807, 2.05) is 55.5 Å². The van der Waals surface area contributed by atoms with Crippen molar-refractivity contribution in [2.45, 2.75) is 16.7 Å². The van der Waals surface area contributed by atoms with Crippen molar-refractivity contribution in [2.24, 2.45) is 11.8 Å². The summed E-state index contributed by atoms with van der Waals surface area (Å²) >= 11 is 1.68. The molecule has 2 aromatic rings. The van der Waals surface area contributed by atoms with Crippen LogP contribution >= 0.6 is 24.2 Å². The van der Waals surface area contributed by atoms with Gasteiger partial charge < -0.3 is 15.4 Å². The number of methoxy groups -OCH3 is 1. The minimum Gasteiger partial charge on any atom is -0.497 e. The second kappa shape index (κ2) is 9.13. The second-order valence-electron chi connectivity index (χ2n) is 6.00. The molecule has 4 nitrogen and oxygen atoms in total. The molecule has 6 heteroatoms. The molecule has 1 saturated heterocycles. The average Bonchev–Trinajstić information content (AvgIpc) is 2.55. The lowest BCUT2D eigenvalue weighted by atomic mass is 9.88. The Morgan fingerprint density at radius 3 is 2.16 bits per heavy atom. The number of amides is 1. The van der Waals surface area contributed by atoms with Gasteiger partial charge in [-0.2, -0.15) is 0 Å². The molecular formula is C19H23ClN2O2S. The largest absolute Gasteiger partial charge is 0.497 e. The number of benzene rings is 2. The quantitative estimate of drug-likeness (QED) is 0.795. The fourth-order valence-electron chi connectivity index (χ4n) is 2.52. The first-order valence-corrected chi connectivity index (χ1v) is 8.91. The zero-order valence-corrected chi connectivity index (χ0v) is 16.0. The summed E-state index contributed by atoms with van der Waals surface area (Å²) in [6.07, 6.45) is 0. The summed E-state index contributed by atoms with van der Waals surface area (Å²) in [7, 11) is 1.66. The highest BCUT2D eigenvalue weighted by molar-refractivity contribution is 7.99. The molecule has 0 spiro atoms. The Hall–Kier alpha value is -1.69. The minimum absolute atomic E-state index is 0. The summed E-state index contributed by atoms with van der Waals surface area (Å²) in [6, 6.07) is 15.9. The van der Waals surface area contributed by atoms with E-state index in [1.165, 1.54) is 0 Å². The zero-order chi connectivity index (χ0) is 16.9. The first kappa shape index (κ1) is 19.6. The lowest BCUT2D eigenvalue weighted by Crippen LogP contribution is -2.48. The van der Waals surface area contributed by atoms with Crippen LogP contribution < -0.4 is 15.4 Å². The Kier molecular flexibility index (Phi) is 7.17. The molecule has 2 N–H and O–H groups in total. The number of rotatable bonds is 6. The molecule has 1 unspecified atom stereocenters. The molecule has 0 radical (unpaired) electrons. The third-order valence-electron chi connectivity index (χ3n) is 4.35. The van der Waals surface area contributed by atoms with E-state index in [0.717, 1.165) is 34.3 Å². The van der Waals surface area contributed by atoms with E-state index in [9.17, 15) is 4.79 Å². The standard InChI is InChI=1S/C19H22N2O2S.ClH/c1-13(14-11-20-12-14)19(22)21-15-3-7-17(8-4-15)24-18-9-5-16(23-2)6-10-18;/h3-10,13-14,20H,11-12H2,1-2H3,(H,21,22);1H. The molecule has 1 heterocycles. The van der Waals surface area contributed by atoms with E-state index >= 15 is 0 Å². The first-order chi connectivity index (χ1) is 11.7. The molecule has 1 aliphatic rings. The predicted octanol–water partition coefficient (Wildman–Crippen LogP) is 4.06. The number of hydrogen-bond donors (Lipinski definition) is 2. The average molecular weight is 379 g/mol. The Labute approximate surface area is 159 Å². The summed E-state index contributed by atoms with van der Waals surface area (Å²) in [6.45, 7) is 3.87. The van der Waals surface area contributed by atoms with Crippen LogP contribution in [0.2, 0.25) is 0 Å². The van der Waals surface area contributed by atoms with Gasteiger partial charge in [-0.05, 0) is 67.5 Å². The van der Waals surface area contributed by atoms with E-state index in [-0.39, 0.29) is 24.2 Å². The van der Waals surface area contributed by atoms with Gasteiger partial charge in [-0.3, -0.25) is 4.79 Å². The molecule has 0 bridgehead atoms. The van der Waals surface area contributed by atoms with Gasteiger partial charge in [0.2, 0.25) is 5.91 Å². The van der Waals surface area contributed by atoms with Gasteiger partial charge in [0.15, 0.2) is 0 Å². The minimum atomic E-state index is 0. The number of halogens is 1. The molecule has 0 aliphatic carbocycles. The number of anilines is 1. The number of nitrogens with one attached hydrogen (secondary N) is 2. The number of ether oxygens (including phenoxy) is 1. The highest BCUT2D eigenvalue weighted by Gasteiger charge is 2.28. The van der Waals surface area contributed by atoms with Crippen LogP contribution in [0.15, 0.2) is 58.3 Å². The second-order valence-corrected chi connectivity index (χ2v) is 7.15. The third kappa shape index (κ3) is 5.14. The monoisotopic (exact) mass is 378 g/mol. The van der Waals surface area contributed by atoms with Crippen LogP contribution in [0.1, 0.15) is 6.92 Å². The maximum Gasteiger partial charge on any atom is 0.227 e. The van der Waals surface area contributed by atoms with Crippen LogP contribution in [0.3, 0.4) is 0 Å². The molecule has 0 saturated carbocycles. The molecule has 1 fully saturated rings. The van der Waals surface area contributed by atoms with Gasteiger partial charge in [0.05, 0.1) is 7.11 Å². The normalized spacial score (nSPS) is 14.8. The number of carbonyl (C=O) groups excluding carboxylic acids is 1. The van der Waals surface area contributed by atoms with Crippen molar-refractivity contribution in [3.05, 3.63) is 48.5 Å². The Morgan fingerprint density at radius 2 is 1.68 bits per heavy atom. The molecule has 2 aromatic carbocycles. The summed E-state index contributed by atoms with van der Waals surface area (Å²) < 4.78 is 5.17. The summed E-state index contributed by atoms with van der Waals surface area (Å²) in [5, 5.41) is 6.21. The van der Waals surface area contributed by atoms with Crippen LogP contribution in [0.25, 0.3) is 0 Å². The summed E-state index contributed by atoms with van der Waals surface area (Å²) in [4.78, 5) is 14.5. The van der Waals surface area contributed by atoms with Crippen molar-refractivity contribution in [3.8, 4) is 5.75 Å². The molecule has 1 amide bonds. The first-order valence-electron chi connectivity index (χ1n) is 8.09. The topological polar surface area (TPSA) is 50.4 Å². The Bertz CT molecular complexity index is 688. The lowest BCUT2D eigenvalue weighted by molar-refractivity contribution is -0.121. The van der Waals surface area contributed by atoms with Gasteiger partial charge in [0, 0.05) is 21.4 Å². The zero-order valence-electron chi connectivity index (χ0n) is 14.3. The van der Waals surface area contributed by atoms with Crippen LogP contribution in [-0.2, 0) is 4.79 Å². The van der Waals surface area contributed by atoms with Gasteiger partial charge in [0.1, 0.15) is 5.75 Å². The molecular weight excluding hydrogens is 356 g/mol. The van der Waals surface area contributed by atoms with Gasteiger partial charge in [-0.1, -0.05) is 18.7 Å². The fraction of sp³-hybridized carbons (Fsp3) is 0.316. The highest BCUT2D eigenvalue weighted by atomic mass is 35.5. The van der Waals surface area contributed by atoms with Crippen molar-refractivity contribution in [1.29, 1.82) is 0 Å². The van der Waals surface area contributed by atoms with Crippen molar-refractivity contribution in [2.75, 3.05) is 25.5 Å². The number of hydrogen-bond acceptors (Lipinski definition) is 4. The third-order valence-corrected chi connectivity index (χ3v) is 5.37.